The minimum Gasteiger partial charge on any atom is -0.380 e. The van der Waals surface area contributed by atoms with Crippen molar-refractivity contribution in [2.45, 2.75) is 38.6 Å². The molecule has 2 rings (SSSR count). The highest BCUT2D eigenvalue weighted by Crippen LogP contribution is 2.30. The Bertz CT molecular complexity index is 273. The van der Waals surface area contributed by atoms with Gasteiger partial charge in [0.1, 0.15) is 6.33 Å². The Morgan fingerprint density at radius 2 is 2.14 bits per heavy atom. The van der Waals surface area contributed by atoms with Crippen molar-refractivity contribution in [3.8, 4) is 0 Å². The molecule has 0 spiro atoms. The van der Waals surface area contributed by atoms with E-state index in [-0.39, 0.29) is 0 Å². The Kier molecular flexibility index (Phi) is 2.96. The van der Waals surface area contributed by atoms with Gasteiger partial charge in [-0.3, -0.25) is 0 Å². The molecule has 3 nitrogen and oxygen atoms in total. The molecule has 1 saturated carbocycles. The van der Waals surface area contributed by atoms with Crippen molar-refractivity contribution < 1.29 is 0 Å². The van der Waals surface area contributed by atoms with Gasteiger partial charge in [-0.15, -0.1) is 0 Å². The lowest BCUT2D eigenvalue weighted by molar-refractivity contribution is 0.489. The number of aromatic nitrogens is 2. The first-order chi connectivity index (χ1) is 6.90. The summed E-state index contributed by atoms with van der Waals surface area (Å²) in [4.78, 5) is 8.01. The maximum absolute atomic E-state index is 4.00. The summed E-state index contributed by atoms with van der Waals surface area (Å²) in [5, 5.41) is 3.52. The number of hydrogen-bond donors (Lipinski definition) is 1. The van der Waals surface area contributed by atoms with E-state index in [0.29, 0.717) is 6.04 Å². The molecule has 1 aliphatic carbocycles. The van der Waals surface area contributed by atoms with Crippen molar-refractivity contribution in [3.63, 3.8) is 0 Å². The molecule has 1 aromatic heterocycles. The lowest BCUT2D eigenvalue weighted by atomic mass is 10.0. The Labute approximate surface area is 85.0 Å². The van der Waals surface area contributed by atoms with Crippen LogP contribution in [0.4, 0.5) is 5.69 Å². The number of nitrogens with one attached hydrogen (secondary N) is 1. The van der Waals surface area contributed by atoms with Gasteiger partial charge in [0.15, 0.2) is 0 Å². The number of nitrogens with zero attached hydrogens (tertiary/aromatic N) is 2. The first kappa shape index (κ1) is 9.44. The Hall–Kier alpha value is -1.12. The molecule has 1 fully saturated rings. The van der Waals surface area contributed by atoms with Crippen LogP contribution in [0, 0.1) is 5.92 Å². The SMILES string of the molecule is CCC1CCCC1Nc1cncnc1. The zero-order chi connectivity index (χ0) is 9.80. The predicted molar refractivity (Wildman–Crippen MR) is 57.1 cm³/mol. The molecule has 0 aromatic carbocycles. The second kappa shape index (κ2) is 4.40. The quantitative estimate of drug-likeness (QED) is 0.797. The van der Waals surface area contributed by atoms with Gasteiger partial charge in [-0.25, -0.2) is 9.97 Å². The molecule has 0 bridgehead atoms. The second-order valence-electron chi connectivity index (χ2n) is 3.98. The van der Waals surface area contributed by atoms with Gasteiger partial charge in [0.05, 0.1) is 18.1 Å². The first-order valence-corrected chi connectivity index (χ1v) is 5.41. The third-order valence-electron chi connectivity index (χ3n) is 3.10. The van der Waals surface area contributed by atoms with Crippen LogP contribution in [-0.4, -0.2) is 16.0 Å². The van der Waals surface area contributed by atoms with Crippen molar-refractivity contribution in [2.24, 2.45) is 5.92 Å². The average Bonchev–Trinajstić information content (AvgIpc) is 2.67. The van der Waals surface area contributed by atoms with Crippen LogP contribution >= 0.6 is 0 Å². The fourth-order valence-corrected chi connectivity index (χ4v) is 2.30. The normalized spacial score (nSPS) is 26.4. The molecular weight excluding hydrogens is 174 g/mol. The largest absolute Gasteiger partial charge is 0.380 e. The average molecular weight is 191 g/mol. The van der Waals surface area contributed by atoms with Crippen LogP contribution < -0.4 is 5.32 Å². The smallest absolute Gasteiger partial charge is 0.115 e. The molecule has 1 aromatic rings. The van der Waals surface area contributed by atoms with E-state index < -0.39 is 0 Å². The summed E-state index contributed by atoms with van der Waals surface area (Å²) in [6, 6.07) is 0.631. The first-order valence-electron chi connectivity index (χ1n) is 5.41. The molecule has 3 heteroatoms. The highest BCUT2D eigenvalue weighted by atomic mass is 15.0. The number of anilines is 1. The number of rotatable bonds is 3. The summed E-state index contributed by atoms with van der Waals surface area (Å²) >= 11 is 0. The zero-order valence-electron chi connectivity index (χ0n) is 8.61. The van der Waals surface area contributed by atoms with Gasteiger partial charge < -0.3 is 5.32 Å². The van der Waals surface area contributed by atoms with Crippen LogP contribution in [0.15, 0.2) is 18.7 Å². The summed E-state index contributed by atoms with van der Waals surface area (Å²) in [5.41, 5.74) is 1.05. The van der Waals surface area contributed by atoms with Gasteiger partial charge in [-0.05, 0) is 18.8 Å². The van der Waals surface area contributed by atoms with E-state index in [4.69, 9.17) is 0 Å². The van der Waals surface area contributed by atoms with Crippen LogP contribution in [0.2, 0.25) is 0 Å². The van der Waals surface area contributed by atoms with Crippen molar-refractivity contribution >= 4 is 5.69 Å². The van der Waals surface area contributed by atoms with Gasteiger partial charge in [-0.1, -0.05) is 19.8 Å². The van der Waals surface area contributed by atoms with Gasteiger partial charge >= 0.3 is 0 Å². The molecule has 76 valence electrons. The summed E-state index contributed by atoms with van der Waals surface area (Å²) in [7, 11) is 0. The number of hydrogen-bond acceptors (Lipinski definition) is 3. The highest BCUT2D eigenvalue weighted by Gasteiger charge is 2.25. The third kappa shape index (κ3) is 2.03. The minimum absolute atomic E-state index is 0.631. The van der Waals surface area contributed by atoms with E-state index in [9.17, 15) is 0 Å². The van der Waals surface area contributed by atoms with Crippen LogP contribution in [0.5, 0.6) is 0 Å². The predicted octanol–water partition coefficient (Wildman–Crippen LogP) is 2.47. The summed E-state index contributed by atoms with van der Waals surface area (Å²) in [6.45, 7) is 2.27. The maximum Gasteiger partial charge on any atom is 0.115 e. The lowest BCUT2D eigenvalue weighted by Crippen LogP contribution is -2.23. The van der Waals surface area contributed by atoms with E-state index in [1.54, 1.807) is 6.33 Å². The third-order valence-corrected chi connectivity index (χ3v) is 3.10. The van der Waals surface area contributed by atoms with Crippen LogP contribution in [0.3, 0.4) is 0 Å². The van der Waals surface area contributed by atoms with E-state index in [1.807, 2.05) is 12.4 Å². The van der Waals surface area contributed by atoms with Gasteiger partial charge in [-0.2, -0.15) is 0 Å². The highest BCUT2D eigenvalue weighted by molar-refractivity contribution is 5.38. The van der Waals surface area contributed by atoms with Crippen molar-refractivity contribution in [2.75, 3.05) is 5.32 Å². The van der Waals surface area contributed by atoms with Crippen LogP contribution in [-0.2, 0) is 0 Å². The van der Waals surface area contributed by atoms with Crippen molar-refractivity contribution in [3.05, 3.63) is 18.7 Å². The lowest BCUT2D eigenvalue weighted by Gasteiger charge is -2.20. The van der Waals surface area contributed by atoms with Gasteiger partial charge in [0.25, 0.3) is 0 Å². The molecule has 0 amide bonds. The molecule has 0 saturated heterocycles. The Morgan fingerprint density at radius 1 is 1.36 bits per heavy atom. The summed E-state index contributed by atoms with van der Waals surface area (Å²) < 4.78 is 0. The Balaban J connectivity index is 1.97. The van der Waals surface area contributed by atoms with Gasteiger partial charge in [0, 0.05) is 6.04 Å². The van der Waals surface area contributed by atoms with E-state index in [0.717, 1.165) is 11.6 Å². The standard InChI is InChI=1S/C11H17N3/c1-2-9-4-3-5-11(9)14-10-6-12-8-13-7-10/h6-9,11,14H,2-5H2,1H3. The molecule has 1 heterocycles. The molecule has 1 N–H and O–H groups in total. The van der Waals surface area contributed by atoms with Crippen LogP contribution in [0.1, 0.15) is 32.6 Å². The molecule has 2 unspecified atom stereocenters. The fraction of sp³-hybridized carbons (Fsp3) is 0.636. The minimum atomic E-state index is 0.631. The monoisotopic (exact) mass is 191 g/mol. The van der Waals surface area contributed by atoms with E-state index >= 15 is 0 Å². The summed E-state index contributed by atoms with van der Waals surface area (Å²) in [6.07, 6.45) is 10.5. The molecule has 14 heavy (non-hydrogen) atoms. The van der Waals surface area contributed by atoms with Crippen molar-refractivity contribution in [1.82, 2.24) is 9.97 Å². The molecule has 2 atom stereocenters. The Morgan fingerprint density at radius 3 is 2.86 bits per heavy atom. The fourth-order valence-electron chi connectivity index (χ4n) is 2.30. The zero-order valence-corrected chi connectivity index (χ0v) is 8.61. The maximum atomic E-state index is 4.00. The van der Waals surface area contributed by atoms with Gasteiger partial charge in [0.2, 0.25) is 0 Å². The summed E-state index contributed by atoms with van der Waals surface area (Å²) in [5.74, 6) is 0.829. The molecule has 1 aliphatic rings. The molecular formula is C11H17N3. The molecule has 0 aliphatic heterocycles. The van der Waals surface area contributed by atoms with E-state index in [1.165, 1.54) is 25.7 Å². The van der Waals surface area contributed by atoms with Crippen molar-refractivity contribution in [1.29, 1.82) is 0 Å². The topological polar surface area (TPSA) is 37.8 Å². The molecule has 0 radical (unpaired) electrons. The van der Waals surface area contributed by atoms with E-state index in [2.05, 4.69) is 22.2 Å². The van der Waals surface area contributed by atoms with Crippen LogP contribution in [0.25, 0.3) is 0 Å². The second-order valence-corrected chi connectivity index (χ2v) is 3.98.